The summed E-state index contributed by atoms with van der Waals surface area (Å²) in [6.07, 6.45) is 1.39. The molecule has 0 unspecified atom stereocenters. The van der Waals surface area contributed by atoms with E-state index in [9.17, 15) is 9.18 Å². The maximum Gasteiger partial charge on any atom is 0.199 e. The molecule has 9 heteroatoms. The summed E-state index contributed by atoms with van der Waals surface area (Å²) in [5.41, 5.74) is 6.66. The lowest BCUT2D eigenvalue weighted by molar-refractivity contribution is 0.103. The number of anilines is 1. The number of ketones is 1. The fourth-order valence-corrected chi connectivity index (χ4v) is 3.42. The minimum absolute atomic E-state index is 0.135. The molecule has 3 N–H and O–H groups in total. The number of nitrogens with zero attached hydrogens (tertiary/aromatic N) is 2. The molecule has 3 aromatic rings. The zero-order valence-electron chi connectivity index (χ0n) is 11.7. The Morgan fingerprint density at radius 1 is 1.35 bits per heavy atom. The second-order valence-corrected chi connectivity index (χ2v) is 6.10. The Kier molecular flexibility index (Phi) is 4.07. The van der Waals surface area contributed by atoms with Crippen molar-refractivity contribution in [3.63, 3.8) is 0 Å². The zero-order chi connectivity index (χ0) is 16.7. The molecule has 0 amide bonds. The van der Waals surface area contributed by atoms with Gasteiger partial charge in [0.05, 0.1) is 24.6 Å². The van der Waals surface area contributed by atoms with Crippen molar-refractivity contribution in [2.75, 3.05) is 12.8 Å². The molecule has 0 aliphatic heterocycles. The van der Waals surface area contributed by atoms with Crippen molar-refractivity contribution in [1.29, 1.82) is 0 Å². The van der Waals surface area contributed by atoms with Crippen LogP contribution >= 0.6 is 31.9 Å². The second kappa shape index (κ2) is 5.89. The summed E-state index contributed by atoms with van der Waals surface area (Å²) in [7, 11) is 1.41. The summed E-state index contributed by atoms with van der Waals surface area (Å²) in [4.78, 5) is 17.1. The van der Waals surface area contributed by atoms with E-state index in [0.717, 1.165) is 0 Å². The number of aromatic nitrogens is 3. The van der Waals surface area contributed by atoms with Gasteiger partial charge in [-0.25, -0.2) is 9.37 Å². The number of halogens is 3. The van der Waals surface area contributed by atoms with Crippen LogP contribution in [0.4, 0.5) is 10.1 Å². The molecule has 0 bridgehead atoms. The van der Waals surface area contributed by atoms with Crippen LogP contribution in [0.15, 0.2) is 27.5 Å². The van der Waals surface area contributed by atoms with Crippen molar-refractivity contribution < 1.29 is 13.9 Å². The lowest BCUT2D eigenvalue weighted by Gasteiger charge is -2.13. The number of pyridine rings is 1. The van der Waals surface area contributed by atoms with Crippen LogP contribution in [0.25, 0.3) is 10.9 Å². The third-order valence-electron chi connectivity index (χ3n) is 3.34. The molecule has 1 aromatic carbocycles. The lowest BCUT2D eigenvalue weighted by atomic mass is 9.99. The molecular weight excluding hydrogens is 435 g/mol. The molecule has 0 atom stereocenters. The van der Waals surface area contributed by atoms with Gasteiger partial charge in [-0.3, -0.25) is 9.89 Å². The van der Waals surface area contributed by atoms with E-state index < -0.39 is 11.6 Å². The van der Waals surface area contributed by atoms with E-state index in [1.165, 1.54) is 25.4 Å². The highest BCUT2D eigenvalue weighted by Crippen LogP contribution is 2.37. The molecule has 3 rings (SSSR count). The van der Waals surface area contributed by atoms with E-state index in [1.54, 1.807) is 0 Å². The smallest absolute Gasteiger partial charge is 0.199 e. The molecule has 0 aliphatic carbocycles. The van der Waals surface area contributed by atoms with Gasteiger partial charge in [0.1, 0.15) is 20.5 Å². The van der Waals surface area contributed by atoms with Gasteiger partial charge in [0.25, 0.3) is 0 Å². The molecular formula is C14H9Br2FN4O2. The van der Waals surface area contributed by atoms with Crippen molar-refractivity contribution in [3.05, 3.63) is 44.5 Å². The molecule has 0 fully saturated rings. The highest BCUT2D eigenvalue weighted by Gasteiger charge is 2.25. The number of carbonyl (C=O) groups is 1. The Hall–Kier alpha value is -2.00. The maximum atomic E-state index is 13.8. The van der Waals surface area contributed by atoms with Crippen molar-refractivity contribution >= 4 is 54.2 Å². The molecule has 0 saturated carbocycles. The van der Waals surface area contributed by atoms with E-state index in [1.807, 2.05) is 0 Å². The number of rotatable bonds is 3. The van der Waals surface area contributed by atoms with Crippen molar-refractivity contribution in [2.24, 2.45) is 0 Å². The number of hydrogen-bond donors (Lipinski definition) is 2. The normalized spacial score (nSPS) is 11.0. The maximum absolute atomic E-state index is 13.8. The van der Waals surface area contributed by atoms with E-state index in [4.69, 9.17) is 10.5 Å². The average Bonchev–Trinajstić information content (AvgIpc) is 3.00. The first kappa shape index (κ1) is 15.9. The van der Waals surface area contributed by atoms with Crippen molar-refractivity contribution in [2.45, 2.75) is 0 Å². The number of methoxy groups -OCH3 is 1. The topological polar surface area (TPSA) is 93.9 Å². The minimum atomic E-state index is -0.494. The Morgan fingerprint density at radius 3 is 2.78 bits per heavy atom. The second-order valence-electron chi connectivity index (χ2n) is 4.60. The molecule has 23 heavy (non-hydrogen) atoms. The number of carbonyl (C=O) groups excluding carboxylic acids is 1. The number of nitrogen functional groups attached to an aromatic ring is 1. The van der Waals surface area contributed by atoms with Crippen LogP contribution in [0, 0.1) is 5.82 Å². The predicted molar refractivity (Wildman–Crippen MR) is 90.1 cm³/mol. The third kappa shape index (κ3) is 2.49. The van der Waals surface area contributed by atoms with Gasteiger partial charge >= 0.3 is 0 Å². The Labute approximate surface area is 146 Å². The standard InChI is InChI=1S/C14H9Br2FN4O2/c1-23-12-8(9(18)13(15)20-14(12)16)11(22)5-2-3-7(17)10-6(5)4-19-21-10/h2-4H,18H2,1H3,(H,19,21). The highest BCUT2D eigenvalue weighted by atomic mass is 79.9. The summed E-state index contributed by atoms with van der Waals surface area (Å²) in [5.74, 6) is -0.711. The predicted octanol–water partition coefficient (Wildman–Crippen LogP) is 3.44. The number of nitrogens with one attached hydrogen (secondary N) is 1. The van der Waals surface area contributed by atoms with Crippen molar-refractivity contribution in [1.82, 2.24) is 15.2 Å². The number of ether oxygens (including phenoxy) is 1. The minimum Gasteiger partial charge on any atom is -0.493 e. The Bertz CT molecular complexity index is 942. The summed E-state index contributed by atoms with van der Waals surface area (Å²) in [6, 6.07) is 2.58. The molecule has 0 aliphatic rings. The van der Waals surface area contributed by atoms with Gasteiger partial charge in [0.2, 0.25) is 0 Å². The first-order valence-electron chi connectivity index (χ1n) is 6.30. The van der Waals surface area contributed by atoms with Crippen LogP contribution in [0.5, 0.6) is 5.75 Å². The van der Waals surface area contributed by atoms with Gasteiger partial charge in [0.15, 0.2) is 11.5 Å². The molecule has 118 valence electrons. The quantitative estimate of drug-likeness (QED) is 0.477. The van der Waals surface area contributed by atoms with Gasteiger partial charge in [-0.2, -0.15) is 5.10 Å². The van der Waals surface area contributed by atoms with Gasteiger partial charge in [-0.1, -0.05) is 0 Å². The molecule has 0 saturated heterocycles. The van der Waals surface area contributed by atoms with E-state index in [0.29, 0.717) is 14.6 Å². The third-order valence-corrected chi connectivity index (χ3v) is 4.48. The van der Waals surface area contributed by atoms with Crippen LogP contribution < -0.4 is 10.5 Å². The van der Waals surface area contributed by atoms with E-state index in [-0.39, 0.29) is 28.1 Å². The van der Waals surface area contributed by atoms with E-state index >= 15 is 0 Å². The fraction of sp³-hybridized carbons (Fsp3) is 0.0714. The molecule has 6 nitrogen and oxygen atoms in total. The summed E-state index contributed by atoms with van der Waals surface area (Å²) in [5, 5.41) is 6.68. The lowest BCUT2D eigenvalue weighted by Crippen LogP contribution is -2.10. The highest BCUT2D eigenvalue weighted by molar-refractivity contribution is 9.11. The Balaban J connectivity index is 2.29. The van der Waals surface area contributed by atoms with Gasteiger partial charge < -0.3 is 10.5 Å². The van der Waals surface area contributed by atoms with Crippen LogP contribution in [0.3, 0.4) is 0 Å². The number of aromatic amines is 1. The molecule has 2 heterocycles. The van der Waals surface area contributed by atoms with Gasteiger partial charge in [-0.05, 0) is 44.0 Å². The van der Waals surface area contributed by atoms with Crippen LogP contribution in [0.2, 0.25) is 0 Å². The largest absolute Gasteiger partial charge is 0.493 e. The van der Waals surface area contributed by atoms with Crippen molar-refractivity contribution in [3.8, 4) is 5.75 Å². The van der Waals surface area contributed by atoms with Crippen LogP contribution in [-0.4, -0.2) is 28.1 Å². The van der Waals surface area contributed by atoms with Gasteiger partial charge in [-0.15, -0.1) is 0 Å². The SMILES string of the molecule is COc1c(Br)nc(Br)c(N)c1C(=O)c1ccc(F)c2[nH]ncc12. The number of benzene rings is 1. The summed E-state index contributed by atoms with van der Waals surface area (Å²) >= 11 is 6.44. The number of nitrogens with two attached hydrogens (primary N) is 1. The summed E-state index contributed by atoms with van der Waals surface area (Å²) in [6.45, 7) is 0. The molecule has 2 aromatic heterocycles. The average molecular weight is 444 g/mol. The molecule has 0 spiro atoms. The zero-order valence-corrected chi connectivity index (χ0v) is 14.8. The molecule has 0 radical (unpaired) electrons. The van der Waals surface area contributed by atoms with Gasteiger partial charge in [0, 0.05) is 10.9 Å². The fourth-order valence-electron chi connectivity index (χ4n) is 2.27. The number of H-pyrrole nitrogens is 1. The van der Waals surface area contributed by atoms with Crippen LogP contribution in [-0.2, 0) is 0 Å². The number of fused-ring (bicyclic) bond motifs is 1. The van der Waals surface area contributed by atoms with Crippen LogP contribution in [0.1, 0.15) is 15.9 Å². The first-order valence-corrected chi connectivity index (χ1v) is 7.89. The number of hydrogen-bond acceptors (Lipinski definition) is 5. The monoisotopic (exact) mass is 442 g/mol. The Morgan fingerprint density at radius 2 is 2.09 bits per heavy atom. The van der Waals surface area contributed by atoms with E-state index in [2.05, 4.69) is 47.0 Å². The first-order chi connectivity index (χ1) is 11.0. The summed E-state index contributed by atoms with van der Waals surface area (Å²) < 4.78 is 19.6.